The SMILES string of the molecule is CC(C)CNCc1nnnn1C1CCS(=O)(=O)CC1. The molecule has 0 unspecified atom stereocenters. The highest BCUT2D eigenvalue weighted by Gasteiger charge is 2.27. The van der Waals surface area contributed by atoms with Gasteiger partial charge < -0.3 is 5.32 Å². The molecule has 108 valence electrons. The molecule has 1 aliphatic heterocycles. The van der Waals surface area contributed by atoms with E-state index >= 15 is 0 Å². The summed E-state index contributed by atoms with van der Waals surface area (Å²) in [4.78, 5) is 0. The number of nitrogens with zero attached hydrogens (tertiary/aromatic N) is 4. The van der Waals surface area contributed by atoms with Crippen LogP contribution >= 0.6 is 0 Å². The van der Waals surface area contributed by atoms with E-state index in [1.165, 1.54) is 0 Å². The highest BCUT2D eigenvalue weighted by atomic mass is 32.2. The van der Waals surface area contributed by atoms with Gasteiger partial charge in [-0.3, -0.25) is 0 Å². The van der Waals surface area contributed by atoms with Gasteiger partial charge in [-0.25, -0.2) is 13.1 Å². The Morgan fingerprint density at radius 3 is 2.68 bits per heavy atom. The van der Waals surface area contributed by atoms with Gasteiger partial charge in [0.1, 0.15) is 9.84 Å². The lowest BCUT2D eigenvalue weighted by atomic mass is 10.1. The van der Waals surface area contributed by atoms with E-state index < -0.39 is 9.84 Å². The molecule has 1 aliphatic rings. The molecule has 0 amide bonds. The Hall–Kier alpha value is -1.02. The first-order chi connectivity index (χ1) is 8.98. The van der Waals surface area contributed by atoms with Gasteiger partial charge in [0, 0.05) is 0 Å². The van der Waals surface area contributed by atoms with E-state index in [1.807, 2.05) is 0 Å². The molecule has 0 bridgehead atoms. The van der Waals surface area contributed by atoms with E-state index in [-0.39, 0.29) is 17.5 Å². The minimum Gasteiger partial charge on any atom is -0.310 e. The number of aromatic nitrogens is 4. The van der Waals surface area contributed by atoms with Crippen LogP contribution in [0, 0.1) is 5.92 Å². The van der Waals surface area contributed by atoms with E-state index in [4.69, 9.17) is 0 Å². The first-order valence-corrected chi connectivity index (χ1v) is 8.48. The molecule has 2 rings (SSSR count). The van der Waals surface area contributed by atoms with Crippen LogP contribution in [0.1, 0.15) is 38.6 Å². The minimum absolute atomic E-state index is 0.106. The zero-order valence-electron chi connectivity index (χ0n) is 11.4. The van der Waals surface area contributed by atoms with Crippen molar-refractivity contribution >= 4 is 9.84 Å². The lowest BCUT2D eigenvalue weighted by Gasteiger charge is -2.22. The van der Waals surface area contributed by atoms with Crippen LogP contribution in [0.2, 0.25) is 0 Å². The third kappa shape index (κ3) is 3.97. The third-order valence-electron chi connectivity index (χ3n) is 3.27. The molecule has 1 N–H and O–H groups in total. The van der Waals surface area contributed by atoms with Gasteiger partial charge in [-0.1, -0.05) is 13.8 Å². The molecule has 1 aromatic heterocycles. The molecule has 1 fully saturated rings. The van der Waals surface area contributed by atoms with Crippen molar-refractivity contribution in [3.63, 3.8) is 0 Å². The molecule has 7 nitrogen and oxygen atoms in total. The fourth-order valence-corrected chi connectivity index (χ4v) is 3.67. The van der Waals surface area contributed by atoms with E-state index in [0.29, 0.717) is 25.3 Å². The number of nitrogens with one attached hydrogen (secondary N) is 1. The molecule has 0 aromatic carbocycles. The molecule has 1 aromatic rings. The predicted octanol–water partition coefficient (Wildman–Crippen LogP) is 0.168. The molecule has 1 saturated heterocycles. The molecule has 0 saturated carbocycles. The van der Waals surface area contributed by atoms with Crippen molar-refractivity contribution in [2.75, 3.05) is 18.1 Å². The summed E-state index contributed by atoms with van der Waals surface area (Å²) < 4.78 is 24.6. The molecule has 19 heavy (non-hydrogen) atoms. The van der Waals surface area contributed by atoms with Gasteiger partial charge in [0.25, 0.3) is 0 Å². The average molecular weight is 287 g/mol. The van der Waals surface area contributed by atoms with Crippen LogP contribution < -0.4 is 5.32 Å². The fourth-order valence-electron chi connectivity index (χ4n) is 2.21. The third-order valence-corrected chi connectivity index (χ3v) is 4.98. The zero-order chi connectivity index (χ0) is 13.9. The van der Waals surface area contributed by atoms with Crippen molar-refractivity contribution in [1.29, 1.82) is 0 Å². The van der Waals surface area contributed by atoms with Crippen molar-refractivity contribution in [2.24, 2.45) is 5.92 Å². The molecule has 0 atom stereocenters. The van der Waals surface area contributed by atoms with Crippen LogP contribution in [0.3, 0.4) is 0 Å². The van der Waals surface area contributed by atoms with Gasteiger partial charge >= 0.3 is 0 Å². The smallest absolute Gasteiger partial charge is 0.165 e. The summed E-state index contributed by atoms with van der Waals surface area (Å²) in [7, 11) is -2.85. The molecule has 2 heterocycles. The van der Waals surface area contributed by atoms with E-state index in [9.17, 15) is 8.42 Å². The number of tetrazole rings is 1. The van der Waals surface area contributed by atoms with Crippen LogP contribution in [0.4, 0.5) is 0 Å². The Balaban J connectivity index is 1.96. The molecular weight excluding hydrogens is 266 g/mol. The van der Waals surface area contributed by atoms with Crippen LogP contribution in [-0.4, -0.2) is 46.7 Å². The Morgan fingerprint density at radius 1 is 1.37 bits per heavy atom. The second kappa shape index (κ2) is 5.96. The van der Waals surface area contributed by atoms with Crippen molar-refractivity contribution < 1.29 is 8.42 Å². The summed E-state index contributed by atoms with van der Waals surface area (Å²) in [5.41, 5.74) is 0. The summed E-state index contributed by atoms with van der Waals surface area (Å²) in [6, 6.07) is 0.106. The maximum absolute atomic E-state index is 11.4. The number of rotatable bonds is 5. The summed E-state index contributed by atoms with van der Waals surface area (Å²) in [6.07, 6.45) is 1.20. The molecule has 0 aliphatic carbocycles. The summed E-state index contributed by atoms with van der Waals surface area (Å²) in [6.45, 7) is 5.81. The number of sulfone groups is 1. The summed E-state index contributed by atoms with van der Waals surface area (Å²) >= 11 is 0. The van der Waals surface area contributed by atoms with Crippen molar-refractivity contribution in [1.82, 2.24) is 25.5 Å². The lowest BCUT2D eigenvalue weighted by Crippen LogP contribution is -2.29. The van der Waals surface area contributed by atoms with Crippen molar-refractivity contribution in [2.45, 2.75) is 39.3 Å². The maximum atomic E-state index is 11.4. The van der Waals surface area contributed by atoms with Gasteiger partial charge in [-0.2, -0.15) is 0 Å². The van der Waals surface area contributed by atoms with Crippen LogP contribution in [0.25, 0.3) is 0 Å². The van der Waals surface area contributed by atoms with Crippen molar-refractivity contribution in [3.05, 3.63) is 5.82 Å². The van der Waals surface area contributed by atoms with E-state index in [0.717, 1.165) is 12.4 Å². The van der Waals surface area contributed by atoms with Gasteiger partial charge in [0.05, 0.1) is 24.1 Å². The highest BCUT2D eigenvalue weighted by Crippen LogP contribution is 2.23. The first-order valence-electron chi connectivity index (χ1n) is 6.66. The Morgan fingerprint density at radius 2 is 2.05 bits per heavy atom. The zero-order valence-corrected chi connectivity index (χ0v) is 12.2. The van der Waals surface area contributed by atoms with Crippen molar-refractivity contribution in [3.8, 4) is 0 Å². The van der Waals surface area contributed by atoms with E-state index in [2.05, 4.69) is 34.7 Å². The average Bonchev–Trinajstić information content (AvgIpc) is 2.77. The minimum atomic E-state index is -2.85. The molecule has 8 heteroatoms. The highest BCUT2D eigenvalue weighted by molar-refractivity contribution is 7.91. The predicted molar refractivity (Wildman–Crippen MR) is 71.3 cm³/mol. The van der Waals surface area contributed by atoms with Crippen LogP contribution in [-0.2, 0) is 16.4 Å². The largest absolute Gasteiger partial charge is 0.310 e. The first kappa shape index (κ1) is 14.4. The Bertz CT molecular complexity index is 497. The summed E-state index contributed by atoms with van der Waals surface area (Å²) in [5, 5.41) is 15.0. The van der Waals surface area contributed by atoms with Gasteiger partial charge in [-0.15, -0.1) is 5.10 Å². The monoisotopic (exact) mass is 287 g/mol. The normalized spacial score (nSPS) is 19.9. The lowest BCUT2D eigenvalue weighted by molar-refractivity contribution is 0.386. The topological polar surface area (TPSA) is 89.8 Å². The summed E-state index contributed by atoms with van der Waals surface area (Å²) in [5.74, 6) is 1.82. The standard InChI is InChI=1S/C11H21N5O2S/c1-9(2)7-12-8-11-13-14-15-16(11)10-3-5-19(17,18)6-4-10/h9-10,12H,3-8H2,1-2H3. The number of hydrogen-bond acceptors (Lipinski definition) is 6. The quantitative estimate of drug-likeness (QED) is 0.830. The second-order valence-corrected chi connectivity index (χ2v) is 7.75. The van der Waals surface area contributed by atoms with E-state index in [1.54, 1.807) is 4.68 Å². The van der Waals surface area contributed by atoms with Gasteiger partial charge in [0.15, 0.2) is 5.82 Å². The van der Waals surface area contributed by atoms with Gasteiger partial charge in [-0.05, 0) is 35.7 Å². The molecule has 0 radical (unpaired) electrons. The molecular formula is C11H21N5O2S. The second-order valence-electron chi connectivity index (χ2n) is 5.45. The Labute approximate surface area is 113 Å². The van der Waals surface area contributed by atoms with Crippen LogP contribution in [0.5, 0.6) is 0 Å². The fraction of sp³-hybridized carbons (Fsp3) is 0.909. The van der Waals surface area contributed by atoms with Gasteiger partial charge in [0.2, 0.25) is 0 Å². The molecule has 0 spiro atoms. The number of hydrogen-bond donors (Lipinski definition) is 1. The maximum Gasteiger partial charge on any atom is 0.165 e. The van der Waals surface area contributed by atoms with Crippen LogP contribution in [0.15, 0.2) is 0 Å². The Kier molecular flexibility index (Phi) is 4.51.